The first-order chi connectivity index (χ1) is 14.0. The summed E-state index contributed by atoms with van der Waals surface area (Å²) in [7, 11) is -3.42. The van der Waals surface area contributed by atoms with E-state index in [1.165, 1.54) is 0 Å². The molecule has 4 rings (SSSR count). The molecule has 29 heavy (non-hydrogen) atoms. The van der Waals surface area contributed by atoms with Crippen molar-refractivity contribution in [3.63, 3.8) is 0 Å². The van der Waals surface area contributed by atoms with E-state index in [0.29, 0.717) is 13.2 Å². The van der Waals surface area contributed by atoms with Crippen LogP contribution in [0.25, 0.3) is 0 Å². The second-order valence-electron chi connectivity index (χ2n) is 7.56. The molecule has 0 radical (unpaired) electrons. The van der Waals surface area contributed by atoms with Gasteiger partial charge in [-0.3, -0.25) is 4.90 Å². The molecule has 2 heterocycles. The summed E-state index contributed by atoms with van der Waals surface area (Å²) in [6.07, 6.45) is 1.74. The molecule has 2 atom stereocenters. The molecule has 0 amide bonds. The van der Waals surface area contributed by atoms with Gasteiger partial charge in [0.2, 0.25) is 10.0 Å². The molecular formula is C21H25BrN2O4S. The number of rotatable bonds is 6. The van der Waals surface area contributed by atoms with Gasteiger partial charge in [0.05, 0.1) is 5.75 Å². The number of likely N-dealkylation sites (tertiary alicyclic amines) is 1. The Kier molecular flexibility index (Phi) is 6.44. The van der Waals surface area contributed by atoms with Crippen molar-refractivity contribution in [3.8, 4) is 11.5 Å². The molecule has 0 saturated carbocycles. The fourth-order valence-corrected chi connectivity index (χ4v) is 5.93. The Morgan fingerprint density at radius 1 is 1.10 bits per heavy atom. The molecule has 2 aliphatic heterocycles. The molecule has 156 valence electrons. The normalized spacial score (nSPS) is 22.4. The third-order valence-corrected chi connectivity index (χ3v) is 7.34. The van der Waals surface area contributed by atoms with Crippen molar-refractivity contribution in [1.29, 1.82) is 0 Å². The summed E-state index contributed by atoms with van der Waals surface area (Å²) in [6, 6.07) is 15.0. The number of hydrogen-bond donors (Lipinski definition) is 1. The summed E-state index contributed by atoms with van der Waals surface area (Å²) in [4.78, 5) is 2.26. The molecule has 0 aliphatic carbocycles. The van der Waals surface area contributed by atoms with Crippen LogP contribution in [-0.4, -0.2) is 51.7 Å². The van der Waals surface area contributed by atoms with Crippen molar-refractivity contribution in [1.82, 2.24) is 9.62 Å². The van der Waals surface area contributed by atoms with Crippen LogP contribution in [0.2, 0.25) is 0 Å². The second kappa shape index (κ2) is 9.04. The molecule has 2 aromatic rings. The number of sulfonamides is 1. The van der Waals surface area contributed by atoms with Gasteiger partial charge in [-0.1, -0.05) is 46.3 Å². The van der Waals surface area contributed by atoms with Gasteiger partial charge in [-0.2, -0.15) is 0 Å². The molecule has 1 fully saturated rings. The number of nitrogens with zero attached hydrogens (tertiary/aromatic N) is 1. The molecule has 8 heteroatoms. The lowest BCUT2D eigenvalue weighted by molar-refractivity contribution is 0.0500. The highest BCUT2D eigenvalue weighted by molar-refractivity contribution is 9.10. The summed E-state index contributed by atoms with van der Waals surface area (Å²) in [5.74, 6) is 1.52. The fraction of sp³-hybridized carbons (Fsp3) is 0.429. The molecule has 1 N–H and O–H groups in total. The minimum Gasteiger partial charge on any atom is -0.486 e. The summed E-state index contributed by atoms with van der Waals surface area (Å²) in [5.41, 5.74) is 0.763. The van der Waals surface area contributed by atoms with Gasteiger partial charge in [0.15, 0.2) is 11.5 Å². The van der Waals surface area contributed by atoms with E-state index in [1.807, 2.05) is 48.5 Å². The van der Waals surface area contributed by atoms with Crippen molar-refractivity contribution in [3.05, 3.63) is 58.6 Å². The third-order valence-electron chi connectivity index (χ3n) is 5.18. The zero-order valence-electron chi connectivity index (χ0n) is 16.1. The highest BCUT2D eigenvalue weighted by Gasteiger charge is 2.28. The average molecular weight is 481 g/mol. The van der Waals surface area contributed by atoms with Crippen LogP contribution in [0.3, 0.4) is 0 Å². The van der Waals surface area contributed by atoms with Gasteiger partial charge in [0.25, 0.3) is 0 Å². The number of para-hydroxylation sites is 2. The standard InChI is InChI=1S/C21H25BrN2O4S/c22-19-8-2-1-6-16(19)15-29(25,26)23-17-7-5-11-24(12-17)13-18-14-27-20-9-3-4-10-21(20)28-18/h1-4,6,8-10,17-18,23H,5,7,11-15H2. The van der Waals surface area contributed by atoms with E-state index in [1.54, 1.807) is 0 Å². The van der Waals surface area contributed by atoms with Gasteiger partial charge in [0, 0.05) is 23.6 Å². The van der Waals surface area contributed by atoms with Crippen LogP contribution in [0.15, 0.2) is 53.0 Å². The minimum atomic E-state index is -3.42. The van der Waals surface area contributed by atoms with Crippen molar-refractivity contribution in [2.45, 2.75) is 30.7 Å². The van der Waals surface area contributed by atoms with Gasteiger partial charge < -0.3 is 9.47 Å². The first-order valence-corrected chi connectivity index (χ1v) is 12.3. The molecule has 2 unspecified atom stereocenters. The van der Waals surface area contributed by atoms with Crippen molar-refractivity contribution >= 4 is 26.0 Å². The van der Waals surface area contributed by atoms with Gasteiger partial charge >= 0.3 is 0 Å². The predicted molar refractivity (Wildman–Crippen MR) is 116 cm³/mol. The number of benzene rings is 2. The Balaban J connectivity index is 1.32. The van der Waals surface area contributed by atoms with Crippen LogP contribution in [0, 0.1) is 0 Å². The van der Waals surface area contributed by atoms with Gasteiger partial charge in [0.1, 0.15) is 12.7 Å². The highest BCUT2D eigenvalue weighted by atomic mass is 79.9. The summed E-state index contributed by atoms with van der Waals surface area (Å²) >= 11 is 3.42. The SMILES string of the molecule is O=S(=O)(Cc1ccccc1Br)NC1CCCN(CC2COc3ccccc3O2)C1. The first kappa shape index (κ1) is 20.7. The summed E-state index contributed by atoms with van der Waals surface area (Å²) < 4.78 is 40.9. The van der Waals surface area contributed by atoms with Crippen molar-refractivity contribution in [2.75, 3.05) is 26.2 Å². The maximum Gasteiger partial charge on any atom is 0.216 e. The Bertz CT molecular complexity index is 953. The largest absolute Gasteiger partial charge is 0.486 e. The van der Waals surface area contributed by atoms with Crippen LogP contribution < -0.4 is 14.2 Å². The zero-order chi connectivity index (χ0) is 20.3. The highest BCUT2D eigenvalue weighted by Crippen LogP contribution is 2.31. The number of piperidine rings is 1. The maximum absolute atomic E-state index is 12.7. The van der Waals surface area contributed by atoms with Crippen molar-refractivity contribution < 1.29 is 17.9 Å². The van der Waals surface area contributed by atoms with Crippen LogP contribution in [-0.2, 0) is 15.8 Å². The fourth-order valence-electron chi connectivity index (χ4n) is 3.87. The smallest absolute Gasteiger partial charge is 0.216 e. The molecule has 2 aliphatic rings. The van der Waals surface area contributed by atoms with E-state index < -0.39 is 10.0 Å². The Morgan fingerprint density at radius 3 is 2.69 bits per heavy atom. The minimum absolute atomic E-state index is 0.0265. The van der Waals surface area contributed by atoms with E-state index in [4.69, 9.17) is 9.47 Å². The molecule has 2 aromatic carbocycles. The number of hydrogen-bond acceptors (Lipinski definition) is 5. The maximum atomic E-state index is 12.7. The average Bonchev–Trinajstić information content (AvgIpc) is 2.69. The number of halogens is 1. The Hall–Kier alpha value is -1.61. The lowest BCUT2D eigenvalue weighted by atomic mass is 10.1. The van der Waals surface area contributed by atoms with Crippen LogP contribution in [0.4, 0.5) is 0 Å². The second-order valence-corrected chi connectivity index (χ2v) is 10.2. The van der Waals surface area contributed by atoms with Gasteiger partial charge in [-0.15, -0.1) is 0 Å². The monoisotopic (exact) mass is 480 g/mol. The Labute approximate surface area is 180 Å². The predicted octanol–water partition coefficient (Wildman–Crippen LogP) is 3.17. The van der Waals surface area contributed by atoms with E-state index >= 15 is 0 Å². The molecule has 0 spiro atoms. The number of ether oxygens (including phenoxy) is 2. The number of nitrogens with one attached hydrogen (secondary N) is 1. The number of fused-ring (bicyclic) bond motifs is 1. The molecule has 6 nitrogen and oxygen atoms in total. The zero-order valence-corrected chi connectivity index (χ0v) is 18.5. The van der Waals surface area contributed by atoms with Gasteiger partial charge in [-0.25, -0.2) is 13.1 Å². The van der Waals surface area contributed by atoms with Crippen LogP contribution in [0.1, 0.15) is 18.4 Å². The van der Waals surface area contributed by atoms with E-state index in [0.717, 1.165) is 47.5 Å². The molecular weight excluding hydrogens is 456 g/mol. The van der Waals surface area contributed by atoms with Crippen LogP contribution >= 0.6 is 15.9 Å². The molecule has 0 bridgehead atoms. The molecule has 1 saturated heterocycles. The van der Waals surface area contributed by atoms with E-state index in [2.05, 4.69) is 25.6 Å². The van der Waals surface area contributed by atoms with E-state index in [9.17, 15) is 8.42 Å². The lowest BCUT2D eigenvalue weighted by Gasteiger charge is -2.36. The quantitative estimate of drug-likeness (QED) is 0.687. The topological polar surface area (TPSA) is 67.9 Å². The third kappa shape index (κ3) is 5.51. The Morgan fingerprint density at radius 2 is 1.86 bits per heavy atom. The first-order valence-electron chi connectivity index (χ1n) is 9.83. The summed E-state index contributed by atoms with van der Waals surface area (Å²) in [5, 5.41) is 0. The lowest BCUT2D eigenvalue weighted by Crippen LogP contribution is -2.51. The summed E-state index contributed by atoms with van der Waals surface area (Å²) in [6.45, 7) is 2.84. The van der Waals surface area contributed by atoms with Gasteiger partial charge in [-0.05, 0) is 43.1 Å². The molecule has 0 aromatic heterocycles. The van der Waals surface area contributed by atoms with E-state index in [-0.39, 0.29) is 17.9 Å². The van der Waals surface area contributed by atoms with Crippen LogP contribution in [0.5, 0.6) is 11.5 Å². The van der Waals surface area contributed by atoms with Crippen molar-refractivity contribution in [2.24, 2.45) is 0 Å².